The van der Waals surface area contributed by atoms with Gasteiger partial charge in [-0.3, -0.25) is 0 Å². The van der Waals surface area contributed by atoms with E-state index < -0.39 is 0 Å². The van der Waals surface area contributed by atoms with Gasteiger partial charge in [0.15, 0.2) is 0 Å². The van der Waals surface area contributed by atoms with Crippen LogP contribution >= 0.6 is 11.6 Å². The van der Waals surface area contributed by atoms with Gasteiger partial charge in [0.2, 0.25) is 0 Å². The number of ether oxygens (including phenoxy) is 1. The lowest BCUT2D eigenvalue weighted by molar-refractivity contribution is 0.0302. The summed E-state index contributed by atoms with van der Waals surface area (Å²) < 4.78 is 5.82. The molecule has 1 fully saturated rings. The molecule has 1 saturated carbocycles. The monoisotopic (exact) mass is 283 g/mol. The van der Waals surface area contributed by atoms with Gasteiger partial charge in [-0.25, -0.2) is 0 Å². The lowest BCUT2D eigenvalue weighted by Gasteiger charge is -2.22. The highest BCUT2D eigenvalue weighted by Gasteiger charge is 2.13. The Morgan fingerprint density at radius 2 is 2.05 bits per heavy atom. The van der Waals surface area contributed by atoms with Crippen LogP contribution in [0.1, 0.15) is 37.7 Å². The molecule has 2 rings (SSSR count). The Hall–Kier alpha value is -0.770. The second kappa shape index (κ2) is 7.73. The van der Waals surface area contributed by atoms with Gasteiger partial charge in [-0.15, -0.1) is 0 Å². The topological polar surface area (TPSA) is 41.5 Å². The molecule has 0 heterocycles. The van der Waals surface area contributed by atoms with Crippen LogP contribution in [-0.4, -0.2) is 24.4 Å². The molecule has 0 aromatic heterocycles. The van der Waals surface area contributed by atoms with Gasteiger partial charge in [-0.1, -0.05) is 43.0 Å². The molecule has 0 atom stereocenters. The third kappa shape index (κ3) is 4.68. The van der Waals surface area contributed by atoms with Crippen molar-refractivity contribution in [3.8, 4) is 5.75 Å². The molecular formula is C15H22ClNO2. The largest absolute Gasteiger partial charge is 0.506 e. The number of aromatic hydroxyl groups is 1. The summed E-state index contributed by atoms with van der Waals surface area (Å²) in [5.41, 5.74) is 0.824. The zero-order valence-electron chi connectivity index (χ0n) is 11.2. The van der Waals surface area contributed by atoms with Gasteiger partial charge < -0.3 is 15.2 Å². The fourth-order valence-electron chi connectivity index (χ4n) is 2.46. The molecule has 19 heavy (non-hydrogen) atoms. The number of hydrogen-bond donors (Lipinski definition) is 2. The Morgan fingerprint density at radius 1 is 1.26 bits per heavy atom. The van der Waals surface area contributed by atoms with Crippen molar-refractivity contribution in [1.82, 2.24) is 5.32 Å². The van der Waals surface area contributed by atoms with Crippen LogP contribution in [0.2, 0.25) is 5.02 Å². The number of halogens is 1. The summed E-state index contributed by atoms with van der Waals surface area (Å²) in [6, 6.07) is 5.40. The number of para-hydroxylation sites is 1. The minimum atomic E-state index is 0.171. The van der Waals surface area contributed by atoms with Gasteiger partial charge in [-0.2, -0.15) is 0 Å². The Morgan fingerprint density at radius 3 is 2.84 bits per heavy atom. The van der Waals surface area contributed by atoms with E-state index in [1.807, 2.05) is 12.1 Å². The average molecular weight is 284 g/mol. The van der Waals surface area contributed by atoms with Crippen molar-refractivity contribution in [3.63, 3.8) is 0 Å². The minimum Gasteiger partial charge on any atom is -0.506 e. The van der Waals surface area contributed by atoms with Crippen LogP contribution in [0.5, 0.6) is 5.75 Å². The third-order valence-electron chi connectivity index (χ3n) is 3.57. The van der Waals surface area contributed by atoms with E-state index in [1.165, 1.54) is 32.1 Å². The van der Waals surface area contributed by atoms with E-state index in [1.54, 1.807) is 6.07 Å². The standard InChI is InChI=1S/C15H22ClNO2/c16-14-8-4-5-12(15(14)18)11-17-9-10-19-13-6-2-1-3-7-13/h4-5,8,13,17-18H,1-3,6-7,9-11H2. The van der Waals surface area contributed by atoms with Crippen LogP contribution in [0.3, 0.4) is 0 Å². The summed E-state index contributed by atoms with van der Waals surface area (Å²) in [6.07, 6.45) is 6.81. The van der Waals surface area contributed by atoms with Crippen LogP contribution in [0.4, 0.5) is 0 Å². The fraction of sp³-hybridized carbons (Fsp3) is 0.600. The Labute approximate surface area is 119 Å². The molecule has 4 heteroatoms. The van der Waals surface area contributed by atoms with Crippen LogP contribution in [0.15, 0.2) is 18.2 Å². The molecule has 2 N–H and O–H groups in total. The van der Waals surface area contributed by atoms with Crippen LogP contribution in [-0.2, 0) is 11.3 Å². The molecule has 1 aliphatic rings. The van der Waals surface area contributed by atoms with E-state index in [-0.39, 0.29) is 5.75 Å². The second-order valence-electron chi connectivity index (χ2n) is 5.06. The van der Waals surface area contributed by atoms with Crippen molar-refractivity contribution in [2.45, 2.75) is 44.8 Å². The molecular weight excluding hydrogens is 262 g/mol. The normalized spacial score (nSPS) is 16.7. The van der Waals surface area contributed by atoms with E-state index in [4.69, 9.17) is 16.3 Å². The summed E-state index contributed by atoms with van der Waals surface area (Å²) >= 11 is 5.85. The first kappa shape index (κ1) is 14.6. The third-order valence-corrected chi connectivity index (χ3v) is 3.88. The lowest BCUT2D eigenvalue weighted by Crippen LogP contribution is -2.24. The van der Waals surface area contributed by atoms with Gasteiger partial charge in [0.1, 0.15) is 5.75 Å². The maximum Gasteiger partial charge on any atom is 0.138 e. The van der Waals surface area contributed by atoms with E-state index >= 15 is 0 Å². The van der Waals surface area contributed by atoms with Crippen LogP contribution in [0, 0.1) is 0 Å². The molecule has 0 saturated heterocycles. The van der Waals surface area contributed by atoms with Crippen LogP contribution in [0.25, 0.3) is 0 Å². The molecule has 0 aliphatic heterocycles. The maximum atomic E-state index is 9.75. The highest BCUT2D eigenvalue weighted by molar-refractivity contribution is 6.32. The quantitative estimate of drug-likeness (QED) is 0.786. The van der Waals surface area contributed by atoms with E-state index in [0.29, 0.717) is 17.7 Å². The summed E-state index contributed by atoms with van der Waals surface area (Å²) in [6.45, 7) is 2.13. The zero-order chi connectivity index (χ0) is 13.5. The second-order valence-corrected chi connectivity index (χ2v) is 5.46. The molecule has 0 unspecified atom stereocenters. The van der Waals surface area contributed by atoms with Crippen molar-refractivity contribution >= 4 is 11.6 Å². The minimum absolute atomic E-state index is 0.171. The lowest BCUT2D eigenvalue weighted by atomic mass is 9.98. The number of benzene rings is 1. The average Bonchev–Trinajstić information content (AvgIpc) is 2.44. The number of phenolic OH excluding ortho intramolecular Hbond substituents is 1. The Kier molecular flexibility index (Phi) is 5.95. The summed E-state index contributed by atoms with van der Waals surface area (Å²) in [5.74, 6) is 0.171. The summed E-state index contributed by atoms with van der Waals surface area (Å²) in [7, 11) is 0. The van der Waals surface area contributed by atoms with Crippen molar-refractivity contribution < 1.29 is 9.84 Å². The molecule has 1 aliphatic carbocycles. The number of phenols is 1. The SMILES string of the molecule is Oc1c(Cl)cccc1CNCCOC1CCCCC1. The first-order valence-corrected chi connectivity index (χ1v) is 7.44. The van der Waals surface area contributed by atoms with E-state index in [0.717, 1.165) is 18.7 Å². The predicted octanol–water partition coefficient (Wildman–Crippen LogP) is 3.48. The summed E-state index contributed by atoms with van der Waals surface area (Å²) in [4.78, 5) is 0. The van der Waals surface area contributed by atoms with Crippen molar-refractivity contribution in [1.29, 1.82) is 0 Å². The van der Waals surface area contributed by atoms with E-state index in [2.05, 4.69) is 5.32 Å². The van der Waals surface area contributed by atoms with Crippen LogP contribution < -0.4 is 5.32 Å². The van der Waals surface area contributed by atoms with Gasteiger partial charge in [0.25, 0.3) is 0 Å². The smallest absolute Gasteiger partial charge is 0.138 e. The van der Waals surface area contributed by atoms with E-state index in [9.17, 15) is 5.11 Å². The molecule has 0 radical (unpaired) electrons. The molecule has 1 aromatic carbocycles. The Balaban J connectivity index is 1.62. The molecule has 0 bridgehead atoms. The van der Waals surface area contributed by atoms with Gasteiger partial charge in [0.05, 0.1) is 17.7 Å². The highest BCUT2D eigenvalue weighted by atomic mass is 35.5. The molecule has 106 valence electrons. The number of nitrogens with one attached hydrogen (secondary N) is 1. The van der Waals surface area contributed by atoms with Gasteiger partial charge >= 0.3 is 0 Å². The zero-order valence-corrected chi connectivity index (χ0v) is 12.0. The van der Waals surface area contributed by atoms with Gasteiger partial charge in [-0.05, 0) is 18.9 Å². The fourth-order valence-corrected chi connectivity index (χ4v) is 2.65. The first-order chi connectivity index (χ1) is 9.27. The van der Waals surface area contributed by atoms with Crippen molar-refractivity contribution in [2.24, 2.45) is 0 Å². The predicted molar refractivity (Wildman–Crippen MR) is 77.6 cm³/mol. The van der Waals surface area contributed by atoms with Crippen molar-refractivity contribution in [3.05, 3.63) is 28.8 Å². The molecule has 3 nitrogen and oxygen atoms in total. The Bertz CT molecular complexity index is 392. The maximum absolute atomic E-state index is 9.75. The van der Waals surface area contributed by atoms with Gasteiger partial charge in [0, 0.05) is 18.7 Å². The summed E-state index contributed by atoms with van der Waals surface area (Å²) in [5, 5.41) is 13.4. The van der Waals surface area contributed by atoms with Crippen molar-refractivity contribution in [2.75, 3.05) is 13.2 Å². The molecule has 0 spiro atoms. The molecule has 1 aromatic rings. The highest BCUT2D eigenvalue weighted by Crippen LogP contribution is 2.26. The number of rotatable bonds is 6. The number of hydrogen-bond acceptors (Lipinski definition) is 3. The molecule has 0 amide bonds. The first-order valence-electron chi connectivity index (χ1n) is 7.06.